The van der Waals surface area contributed by atoms with Crippen molar-refractivity contribution in [1.29, 1.82) is 0 Å². The summed E-state index contributed by atoms with van der Waals surface area (Å²) in [5, 5.41) is 12.6. The van der Waals surface area contributed by atoms with Crippen LogP contribution >= 0.6 is 0 Å². The zero-order chi connectivity index (χ0) is 9.52. The fraction of sp³-hybridized carbons (Fsp3) is 0.889. The van der Waals surface area contributed by atoms with Crippen molar-refractivity contribution in [1.82, 2.24) is 5.06 Å². The molecule has 0 aromatic carbocycles. The van der Waals surface area contributed by atoms with Crippen molar-refractivity contribution >= 4 is 5.78 Å². The van der Waals surface area contributed by atoms with E-state index in [1.165, 1.54) is 0 Å². The standard InChI is InChI=1S/C9H16NO2/c1-6-7(2)10(12)9(3,4)5-8(6)11/h6-7H,5H2,1-4H3. The van der Waals surface area contributed by atoms with Crippen LogP contribution in [0.25, 0.3) is 0 Å². The summed E-state index contributed by atoms with van der Waals surface area (Å²) >= 11 is 0. The molecule has 0 N–H and O–H groups in total. The Morgan fingerprint density at radius 1 is 1.42 bits per heavy atom. The van der Waals surface area contributed by atoms with E-state index in [1.807, 2.05) is 27.7 Å². The maximum absolute atomic E-state index is 11.6. The third kappa shape index (κ3) is 1.39. The summed E-state index contributed by atoms with van der Waals surface area (Å²) < 4.78 is 0. The number of hydrogen-bond acceptors (Lipinski definition) is 2. The first kappa shape index (κ1) is 9.68. The molecule has 69 valence electrons. The van der Waals surface area contributed by atoms with Crippen molar-refractivity contribution in [2.75, 3.05) is 0 Å². The number of rotatable bonds is 0. The van der Waals surface area contributed by atoms with Gasteiger partial charge in [0, 0.05) is 18.4 Å². The van der Waals surface area contributed by atoms with E-state index in [2.05, 4.69) is 0 Å². The Morgan fingerprint density at radius 3 is 2.42 bits per heavy atom. The normalized spacial score (nSPS) is 36.9. The Balaban J connectivity index is 2.85. The molecule has 0 aromatic heterocycles. The lowest BCUT2D eigenvalue weighted by atomic mass is 9.82. The van der Waals surface area contributed by atoms with E-state index in [9.17, 15) is 10.0 Å². The van der Waals surface area contributed by atoms with Gasteiger partial charge in [-0.1, -0.05) is 6.92 Å². The van der Waals surface area contributed by atoms with Crippen LogP contribution < -0.4 is 0 Å². The van der Waals surface area contributed by atoms with Crippen LogP contribution in [0.3, 0.4) is 0 Å². The minimum Gasteiger partial charge on any atom is -0.299 e. The van der Waals surface area contributed by atoms with Gasteiger partial charge in [-0.15, -0.1) is 10.3 Å². The molecule has 0 aromatic rings. The fourth-order valence-corrected chi connectivity index (χ4v) is 1.69. The molecule has 1 aliphatic rings. The molecule has 0 amide bonds. The molecule has 0 bridgehead atoms. The van der Waals surface area contributed by atoms with Gasteiger partial charge in [0.25, 0.3) is 0 Å². The molecule has 1 fully saturated rings. The second-order valence-corrected chi connectivity index (χ2v) is 4.31. The molecule has 3 nitrogen and oxygen atoms in total. The van der Waals surface area contributed by atoms with Gasteiger partial charge in [0.1, 0.15) is 5.78 Å². The summed E-state index contributed by atoms with van der Waals surface area (Å²) in [6.45, 7) is 7.28. The van der Waals surface area contributed by atoms with Crippen LogP contribution in [-0.4, -0.2) is 22.4 Å². The van der Waals surface area contributed by atoms with E-state index in [0.717, 1.165) is 5.06 Å². The zero-order valence-corrected chi connectivity index (χ0v) is 8.13. The van der Waals surface area contributed by atoms with Crippen LogP contribution in [0.2, 0.25) is 0 Å². The molecule has 12 heavy (non-hydrogen) atoms. The number of Topliss-reactive ketones (excluding diaryl/α,β-unsaturated/α-hetero) is 1. The minimum absolute atomic E-state index is 0.115. The van der Waals surface area contributed by atoms with Crippen molar-refractivity contribution in [2.24, 2.45) is 5.92 Å². The molecule has 1 radical (unpaired) electrons. The molecule has 0 spiro atoms. The lowest BCUT2D eigenvalue weighted by Gasteiger charge is -2.42. The number of hydrogen-bond donors (Lipinski definition) is 0. The average Bonchev–Trinajstić information content (AvgIpc) is 1.97. The SMILES string of the molecule is CC1C(=O)CC(C)(C)N([O])C1C. The van der Waals surface area contributed by atoms with E-state index in [0.29, 0.717) is 6.42 Å². The number of carbonyl (C=O) groups excluding carboxylic acids is 1. The quantitative estimate of drug-likeness (QED) is 0.551. The Kier molecular flexibility index (Phi) is 2.27. The van der Waals surface area contributed by atoms with E-state index >= 15 is 0 Å². The van der Waals surface area contributed by atoms with E-state index in [4.69, 9.17) is 0 Å². The lowest BCUT2D eigenvalue weighted by molar-refractivity contribution is -0.259. The summed E-state index contributed by atoms with van der Waals surface area (Å²) in [6, 6.07) is -0.179. The summed E-state index contributed by atoms with van der Waals surface area (Å²) in [5.74, 6) is 0.0927. The van der Waals surface area contributed by atoms with E-state index in [1.54, 1.807) is 0 Å². The number of piperidine rings is 1. The first-order valence-corrected chi connectivity index (χ1v) is 4.35. The van der Waals surface area contributed by atoms with Gasteiger partial charge in [-0.2, -0.15) is 0 Å². The van der Waals surface area contributed by atoms with Gasteiger partial charge < -0.3 is 0 Å². The van der Waals surface area contributed by atoms with Crippen molar-refractivity contribution in [2.45, 2.75) is 45.7 Å². The minimum atomic E-state index is -0.511. The molecule has 1 heterocycles. The van der Waals surface area contributed by atoms with Gasteiger partial charge in [-0.3, -0.25) is 4.79 Å². The molecule has 1 rings (SSSR count). The van der Waals surface area contributed by atoms with Crippen LogP contribution in [0.4, 0.5) is 0 Å². The highest BCUT2D eigenvalue weighted by Gasteiger charge is 2.42. The molecular formula is C9H16NO2. The van der Waals surface area contributed by atoms with Crippen LogP contribution in [0.5, 0.6) is 0 Å². The van der Waals surface area contributed by atoms with E-state index < -0.39 is 5.54 Å². The summed E-state index contributed by atoms with van der Waals surface area (Å²) in [7, 11) is 0. The van der Waals surface area contributed by atoms with E-state index in [-0.39, 0.29) is 17.7 Å². The zero-order valence-electron chi connectivity index (χ0n) is 8.13. The van der Waals surface area contributed by atoms with Crippen LogP contribution in [0, 0.1) is 5.92 Å². The van der Waals surface area contributed by atoms with Crippen LogP contribution in [-0.2, 0) is 10.0 Å². The highest BCUT2D eigenvalue weighted by molar-refractivity contribution is 5.83. The fourth-order valence-electron chi connectivity index (χ4n) is 1.69. The average molecular weight is 170 g/mol. The second kappa shape index (κ2) is 2.82. The van der Waals surface area contributed by atoms with Crippen LogP contribution in [0.15, 0.2) is 0 Å². The summed E-state index contributed by atoms with van der Waals surface area (Å²) in [5.41, 5.74) is -0.511. The molecule has 2 atom stereocenters. The highest BCUT2D eigenvalue weighted by Crippen LogP contribution is 2.30. The predicted octanol–water partition coefficient (Wildman–Crippen LogP) is 1.41. The van der Waals surface area contributed by atoms with Gasteiger partial charge >= 0.3 is 0 Å². The van der Waals surface area contributed by atoms with Gasteiger partial charge in [-0.25, -0.2) is 0 Å². The van der Waals surface area contributed by atoms with Gasteiger partial charge in [-0.05, 0) is 20.8 Å². The monoisotopic (exact) mass is 170 g/mol. The smallest absolute Gasteiger partial charge is 0.139 e. The number of nitrogens with zero attached hydrogens (tertiary/aromatic N) is 1. The topological polar surface area (TPSA) is 40.2 Å². The Morgan fingerprint density at radius 2 is 1.92 bits per heavy atom. The number of hydroxylamine groups is 2. The predicted molar refractivity (Wildman–Crippen MR) is 44.9 cm³/mol. The third-order valence-corrected chi connectivity index (χ3v) is 2.80. The van der Waals surface area contributed by atoms with Crippen molar-refractivity contribution in [3.8, 4) is 0 Å². The molecule has 0 saturated carbocycles. The highest BCUT2D eigenvalue weighted by atomic mass is 16.5. The van der Waals surface area contributed by atoms with Gasteiger partial charge in [0.2, 0.25) is 0 Å². The first-order chi connectivity index (χ1) is 5.36. The third-order valence-electron chi connectivity index (χ3n) is 2.80. The van der Waals surface area contributed by atoms with Gasteiger partial charge in [0.05, 0.1) is 5.54 Å². The Hall–Kier alpha value is -0.410. The molecular weight excluding hydrogens is 154 g/mol. The van der Waals surface area contributed by atoms with Crippen molar-refractivity contribution < 1.29 is 10.0 Å². The molecule has 1 saturated heterocycles. The summed E-state index contributed by atoms with van der Waals surface area (Å²) in [6.07, 6.45) is 0.377. The molecule has 0 aliphatic carbocycles. The maximum Gasteiger partial charge on any atom is 0.139 e. The van der Waals surface area contributed by atoms with Crippen molar-refractivity contribution in [3.63, 3.8) is 0 Å². The van der Waals surface area contributed by atoms with Gasteiger partial charge in [0.15, 0.2) is 0 Å². The molecule has 3 heteroatoms. The first-order valence-electron chi connectivity index (χ1n) is 4.35. The Bertz CT molecular complexity index is 201. The second-order valence-electron chi connectivity index (χ2n) is 4.31. The maximum atomic E-state index is 11.6. The largest absolute Gasteiger partial charge is 0.299 e. The Labute approximate surface area is 73.3 Å². The summed E-state index contributed by atoms with van der Waals surface area (Å²) in [4.78, 5) is 11.4. The number of ketones is 1. The lowest BCUT2D eigenvalue weighted by Crippen LogP contribution is -2.55. The molecule has 1 aliphatic heterocycles. The number of carbonyl (C=O) groups is 1. The molecule has 2 unspecified atom stereocenters. The van der Waals surface area contributed by atoms with Crippen molar-refractivity contribution in [3.05, 3.63) is 0 Å². The van der Waals surface area contributed by atoms with Crippen LogP contribution in [0.1, 0.15) is 34.1 Å².